The third-order valence-electron chi connectivity index (χ3n) is 7.13. The Morgan fingerprint density at radius 1 is 1.29 bits per heavy atom. The van der Waals surface area contributed by atoms with Gasteiger partial charge in [0.15, 0.2) is 11.0 Å². The highest BCUT2D eigenvalue weighted by Crippen LogP contribution is 2.55. The number of hydrogen-bond acceptors (Lipinski definition) is 5. The van der Waals surface area contributed by atoms with E-state index in [-0.39, 0.29) is 34.5 Å². The first-order chi connectivity index (χ1) is 16.9. The first-order valence-corrected chi connectivity index (χ1v) is 13.0. The molecule has 8 nitrogen and oxygen atoms in total. The van der Waals surface area contributed by atoms with Crippen LogP contribution >= 0.6 is 0 Å². The molecule has 2 aromatic carbocycles. The van der Waals surface area contributed by atoms with E-state index >= 15 is 0 Å². The lowest BCUT2D eigenvalue weighted by molar-refractivity contribution is -0.124. The number of likely N-dealkylation sites (tertiary alicyclic amines) is 1. The van der Waals surface area contributed by atoms with Crippen molar-refractivity contribution in [2.75, 3.05) is 31.0 Å². The lowest BCUT2D eigenvalue weighted by Crippen LogP contribution is -2.32. The average Bonchev–Trinajstić information content (AvgIpc) is 3.48. The molecule has 3 aliphatic rings. The van der Waals surface area contributed by atoms with E-state index in [1.165, 1.54) is 18.2 Å². The van der Waals surface area contributed by atoms with Crippen LogP contribution in [0.3, 0.4) is 0 Å². The van der Waals surface area contributed by atoms with Gasteiger partial charge in [0.2, 0.25) is 5.91 Å². The van der Waals surface area contributed by atoms with Crippen molar-refractivity contribution in [3.8, 4) is 5.75 Å². The zero-order valence-electron chi connectivity index (χ0n) is 19.4. The van der Waals surface area contributed by atoms with Crippen LogP contribution in [0.5, 0.6) is 5.75 Å². The van der Waals surface area contributed by atoms with Crippen LogP contribution in [0.1, 0.15) is 47.2 Å². The minimum atomic E-state index is -1.90. The van der Waals surface area contributed by atoms with E-state index in [2.05, 4.69) is 21.9 Å². The van der Waals surface area contributed by atoms with Gasteiger partial charge >= 0.3 is 5.97 Å². The number of rotatable bonds is 8. The van der Waals surface area contributed by atoms with E-state index < -0.39 is 22.8 Å². The fraction of sp³-hybridized carbons (Fsp3) is 0.440. The summed E-state index contributed by atoms with van der Waals surface area (Å²) in [5.74, 6) is -0.868. The van der Waals surface area contributed by atoms with Crippen molar-refractivity contribution in [1.29, 1.82) is 0 Å². The molecule has 2 aromatic rings. The fourth-order valence-corrected chi connectivity index (χ4v) is 6.07. The van der Waals surface area contributed by atoms with E-state index in [0.29, 0.717) is 36.3 Å². The van der Waals surface area contributed by atoms with Crippen molar-refractivity contribution in [3.05, 3.63) is 52.8 Å². The number of carboxylic acids is 1. The minimum Gasteiger partial charge on any atom is -0.492 e. The van der Waals surface area contributed by atoms with Crippen molar-refractivity contribution >= 4 is 28.5 Å². The number of nitrogens with one attached hydrogen (secondary N) is 2. The van der Waals surface area contributed by atoms with Crippen molar-refractivity contribution in [2.24, 2.45) is 11.8 Å². The van der Waals surface area contributed by atoms with Crippen molar-refractivity contribution < 1.29 is 28.0 Å². The zero-order valence-corrected chi connectivity index (χ0v) is 20.2. The summed E-state index contributed by atoms with van der Waals surface area (Å²) in [5, 5.41) is 12.7. The summed E-state index contributed by atoms with van der Waals surface area (Å²) in [6.45, 7) is 4.98. The number of aromatic carboxylic acids is 1. The largest absolute Gasteiger partial charge is 0.492 e. The van der Waals surface area contributed by atoms with Gasteiger partial charge in [0.25, 0.3) is 0 Å². The lowest BCUT2D eigenvalue weighted by Gasteiger charge is -2.21. The highest BCUT2D eigenvalue weighted by atomic mass is 32.2. The van der Waals surface area contributed by atoms with Gasteiger partial charge in [-0.3, -0.25) is 4.79 Å². The Morgan fingerprint density at radius 2 is 2.11 bits per heavy atom. The topological polar surface area (TPSA) is 108 Å². The second-order valence-electron chi connectivity index (χ2n) is 9.34. The lowest BCUT2D eigenvalue weighted by atomic mass is 10.0. The second-order valence-corrected chi connectivity index (χ2v) is 10.5. The van der Waals surface area contributed by atoms with Crippen LogP contribution in [-0.4, -0.2) is 52.3 Å². The normalized spacial score (nSPS) is 23.5. The molecule has 35 heavy (non-hydrogen) atoms. The maximum Gasteiger partial charge on any atom is 0.341 e. The van der Waals surface area contributed by atoms with Crippen LogP contribution < -0.4 is 14.8 Å². The van der Waals surface area contributed by atoms with Crippen molar-refractivity contribution in [3.63, 3.8) is 0 Å². The Hall–Kier alpha value is -2.98. The second kappa shape index (κ2) is 9.58. The Morgan fingerprint density at radius 3 is 2.86 bits per heavy atom. The molecule has 1 aliphatic carbocycles. The molecule has 2 aliphatic heterocycles. The van der Waals surface area contributed by atoms with Crippen LogP contribution in [0.2, 0.25) is 0 Å². The monoisotopic (exact) mass is 501 g/mol. The quantitative estimate of drug-likeness (QED) is 0.513. The fourth-order valence-electron chi connectivity index (χ4n) is 5.03. The van der Waals surface area contributed by atoms with Gasteiger partial charge < -0.3 is 24.8 Å². The summed E-state index contributed by atoms with van der Waals surface area (Å²) < 4.78 is 35.8. The SMILES string of the molecule is CCN1CCC(C(=O)NCc2cc(F)ccc2S(=O)Nc2ccc3c(c2C(=O)O)OCC2CC32)C1. The summed E-state index contributed by atoms with van der Waals surface area (Å²) in [7, 11) is -1.90. The molecule has 0 radical (unpaired) electrons. The van der Waals surface area contributed by atoms with E-state index in [1.807, 2.05) is 6.07 Å². The molecular weight excluding hydrogens is 473 g/mol. The first kappa shape index (κ1) is 23.7. The van der Waals surface area contributed by atoms with Gasteiger partial charge in [-0.1, -0.05) is 13.0 Å². The number of hydrogen-bond donors (Lipinski definition) is 3. The van der Waals surface area contributed by atoms with Crippen LogP contribution in [0.15, 0.2) is 35.2 Å². The molecule has 2 heterocycles. The van der Waals surface area contributed by atoms with Gasteiger partial charge in [-0.25, -0.2) is 13.4 Å². The molecule has 3 N–H and O–H groups in total. The summed E-state index contributed by atoms with van der Waals surface area (Å²) in [6, 6.07) is 7.24. The number of benzene rings is 2. The van der Waals surface area contributed by atoms with E-state index in [9.17, 15) is 23.3 Å². The molecule has 1 saturated carbocycles. The standard InChI is InChI=1S/C25H28FN3O5S/c1-2-29-8-7-14(12-29)24(30)27-11-15-9-17(26)3-6-21(15)35(33)28-20-5-4-18-19-10-16(19)13-34-23(18)22(20)25(31)32/h3-6,9,14,16,19,28H,2,7-8,10-13H2,1H3,(H,27,30)(H,31,32). The molecule has 1 saturated heterocycles. The van der Waals surface area contributed by atoms with Crippen LogP contribution in [0.25, 0.3) is 0 Å². The summed E-state index contributed by atoms with van der Waals surface area (Å²) >= 11 is 0. The molecule has 1 amide bonds. The highest BCUT2D eigenvalue weighted by molar-refractivity contribution is 7.86. The Labute approximate surface area is 205 Å². The van der Waals surface area contributed by atoms with Crippen LogP contribution in [0, 0.1) is 17.7 Å². The van der Waals surface area contributed by atoms with Gasteiger partial charge in [0.05, 0.1) is 23.1 Å². The maximum absolute atomic E-state index is 14.0. The highest BCUT2D eigenvalue weighted by Gasteiger charge is 2.45. The number of amides is 1. The maximum atomic E-state index is 14.0. The Kier molecular flexibility index (Phi) is 6.50. The van der Waals surface area contributed by atoms with Gasteiger partial charge in [0, 0.05) is 19.0 Å². The molecule has 0 aromatic heterocycles. The number of nitrogens with zero attached hydrogens (tertiary/aromatic N) is 1. The predicted octanol–water partition coefficient (Wildman–Crippen LogP) is 3.11. The van der Waals surface area contributed by atoms with Crippen LogP contribution in [-0.2, 0) is 22.3 Å². The van der Waals surface area contributed by atoms with Crippen LogP contribution in [0.4, 0.5) is 10.1 Å². The Bertz CT molecular complexity index is 1210. The van der Waals surface area contributed by atoms with Crippen molar-refractivity contribution in [1.82, 2.24) is 10.2 Å². The van der Waals surface area contributed by atoms with E-state index in [1.54, 1.807) is 6.07 Å². The predicted molar refractivity (Wildman–Crippen MR) is 128 cm³/mol. The molecule has 0 spiro atoms. The first-order valence-electron chi connectivity index (χ1n) is 11.9. The smallest absolute Gasteiger partial charge is 0.341 e. The number of carbonyl (C=O) groups excluding carboxylic acids is 1. The molecule has 10 heteroatoms. The molecule has 2 fully saturated rings. The number of fused-ring (bicyclic) bond motifs is 3. The van der Waals surface area contributed by atoms with Gasteiger partial charge in [-0.05, 0) is 67.2 Å². The average molecular weight is 502 g/mol. The number of halogens is 1. The molecule has 186 valence electrons. The molecule has 5 rings (SSSR count). The van der Waals surface area contributed by atoms with E-state index in [0.717, 1.165) is 31.5 Å². The van der Waals surface area contributed by atoms with E-state index in [4.69, 9.17) is 4.74 Å². The van der Waals surface area contributed by atoms with Crippen molar-refractivity contribution in [2.45, 2.75) is 37.1 Å². The number of anilines is 1. The molecule has 0 bridgehead atoms. The zero-order chi connectivity index (χ0) is 24.7. The molecular formula is C25H28FN3O5S. The number of carbonyl (C=O) groups is 2. The van der Waals surface area contributed by atoms with Gasteiger partial charge in [-0.15, -0.1) is 0 Å². The molecule has 4 unspecified atom stereocenters. The van der Waals surface area contributed by atoms with Gasteiger partial charge in [0.1, 0.15) is 17.1 Å². The number of carboxylic acid groups (broad SMARTS) is 1. The summed E-state index contributed by atoms with van der Waals surface area (Å²) in [5.41, 5.74) is 1.34. The number of ether oxygens (including phenoxy) is 1. The third kappa shape index (κ3) is 4.77. The summed E-state index contributed by atoms with van der Waals surface area (Å²) in [6.07, 6.45) is 1.75. The minimum absolute atomic E-state index is 0.0180. The Balaban J connectivity index is 1.34. The van der Waals surface area contributed by atoms with Gasteiger partial charge in [-0.2, -0.15) is 0 Å². The molecule has 4 atom stereocenters. The summed E-state index contributed by atoms with van der Waals surface area (Å²) in [4.78, 5) is 27.2. The third-order valence-corrected chi connectivity index (χ3v) is 8.34.